The van der Waals surface area contributed by atoms with Crippen LogP contribution in [-0.4, -0.2) is 27.3 Å². The van der Waals surface area contributed by atoms with Gasteiger partial charge in [0.2, 0.25) is 10.0 Å². The van der Waals surface area contributed by atoms with Crippen LogP contribution in [0.3, 0.4) is 0 Å². The molecule has 0 fully saturated rings. The van der Waals surface area contributed by atoms with Crippen molar-refractivity contribution in [2.75, 3.05) is 18.9 Å². The number of para-hydroxylation sites is 1. The minimum Gasteiger partial charge on any atom is -0.492 e. The van der Waals surface area contributed by atoms with E-state index in [1.807, 2.05) is 18.2 Å². The molecule has 0 atom stereocenters. The number of hydrogen-bond acceptors (Lipinski definition) is 3. The zero-order valence-corrected chi connectivity index (χ0v) is 12.9. The van der Waals surface area contributed by atoms with Crippen LogP contribution in [0.1, 0.15) is 5.56 Å². The van der Waals surface area contributed by atoms with Gasteiger partial charge in [-0.3, -0.25) is 0 Å². The molecule has 2 aromatic carbocycles. The lowest BCUT2D eigenvalue weighted by Gasteiger charge is -2.08. The maximum atomic E-state index is 12.8. The highest BCUT2D eigenvalue weighted by molar-refractivity contribution is 7.89. The molecule has 0 amide bonds. The predicted molar refractivity (Wildman–Crippen MR) is 83.8 cm³/mol. The van der Waals surface area contributed by atoms with Crippen LogP contribution in [0.5, 0.6) is 5.75 Å². The van der Waals surface area contributed by atoms with Crippen LogP contribution in [0.25, 0.3) is 0 Å². The number of hydrogen-bond donors (Lipinski definition) is 1. The molecule has 0 aliphatic carbocycles. The number of ether oxygens (including phenoxy) is 1. The third kappa shape index (κ3) is 5.83. The van der Waals surface area contributed by atoms with Crippen molar-refractivity contribution in [2.24, 2.45) is 0 Å². The third-order valence-corrected chi connectivity index (χ3v) is 4.36. The van der Waals surface area contributed by atoms with E-state index in [-0.39, 0.29) is 24.7 Å². The molecule has 0 aliphatic rings. The van der Waals surface area contributed by atoms with Gasteiger partial charge in [0.15, 0.2) is 0 Å². The first-order valence-corrected chi connectivity index (χ1v) is 8.60. The van der Waals surface area contributed by atoms with Gasteiger partial charge in [-0.1, -0.05) is 30.3 Å². The molecule has 4 nitrogen and oxygen atoms in total. The summed E-state index contributed by atoms with van der Waals surface area (Å²) in [5.41, 5.74) is 0.879. The van der Waals surface area contributed by atoms with E-state index in [1.165, 1.54) is 12.1 Å². The van der Waals surface area contributed by atoms with Gasteiger partial charge < -0.3 is 4.74 Å². The van der Waals surface area contributed by atoms with E-state index in [4.69, 9.17) is 4.74 Å². The lowest BCUT2D eigenvalue weighted by molar-refractivity contribution is 0.340. The molecule has 0 saturated carbocycles. The van der Waals surface area contributed by atoms with E-state index in [2.05, 4.69) is 4.72 Å². The minimum atomic E-state index is -3.38. The molecule has 0 aromatic heterocycles. The van der Waals surface area contributed by atoms with E-state index in [1.54, 1.807) is 24.3 Å². The molecule has 0 spiro atoms. The van der Waals surface area contributed by atoms with Gasteiger partial charge in [-0.25, -0.2) is 17.5 Å². The second-order valence-electron chi connectivity index (χ2n) is 4.75. The molecule has 0 radical (unpaired) electrons. The summed E-state index contributed by atoms with van der Waals surface area (Å²) in [4.78, 5) is 0. The first-order chi connectivity index (χ1) is 10.6. The van der Waals surface area contributed by atoms with Crippen molar-refractivity contribution in [2.45, 2.75) is 6.42 Å². The standard InChI is InChI=1S/C16H18FNO3S/c17-15-8-6-14(7-9-15)10-11-18-22(19,20)13-12-21-16-4-2-1-3-5-16/h1-9,18H,10-13H2. The van der Waals surface area contributed by atoms with Crippen LogP contribution < -0.4 is 9.46 Å². The average molecular weight is 323 g/mol. The van der Waals surface area contributed by atoms with Gasteiger partial charge in [-0.05, 0) is 36.2 Å². The second kappa shape index (κ2) is 7.91. The zero-order valence-electron chi connectivity index (χ0n) is 12.0. The molecule has 1 N–H and O–H groups in total. The highest BCUT2D eigenvalue weighted by atomic mass is 32.2. The lowest BCUT2D eigenvalue weighted by Crippen LogP contribution is -2.30. The fourth-order valence-electron chi connectivity index (χ4n) is 1.86. The highest BCUT2D eigenvalue weighted by Crippen LogP contribution is 2.08. The maximum absolute atomic E-state index is 12.8. The number of halogens is 1. The Kier molecular flexibility index (Phi) is 5.91. The maximum Gasteiger partial charge on any atom is 0.214 e. The van der Waals surface area contributed by atoms with Crippen LogP contribution in [0, 0.1) is 5.82 Å². The van der Waals surface area contributed by atoms with E-state index < -0.39 is 10.0 Å². The molecular weight excluding hydrogens is 305 g/mol. The molecule has 118 valence electrons. The molecule has 0 aliphatic heterocycles. The van der Waals surface area contributed by atoms with Gasteiger partial charge in [0, 0.05) is 6.54 Å². The minimum absolute atomic E-state index is 0.0931. The Morgan fingerprint density at radius 3 is 2.36 bits per heavy atom. The van der Waals surface area contributed by atoms with E-state index >= 15 is 0 Å². The normalized spacial score (nSPS) is 11.3. The van der Waals surface area contributed by atoms with Crippen molar-refractivity contribution in [3.63, 3.8) is 0 Å². The van der Waals surface area contributed by atoms with Crippen molar-refractivity contribution in [1.29, 1.82) is 0 Å². The highest BCUT2D eigenvalue weighted by Gasteiger charge is 2.09. The van der Waals surface area contributed by atoms with Crippen molar-refractivity contribution >= 4 is 10.0 Å². The molecule has 0 heterocycles. The average Bonchev–Trinajstić information content (AvgIpc) is 2.50. The van der Waals surface area contributed by atoms with Crippen molar-refractivity contribution in [3.05, 3.63) is 66.0 Å². The SMILES string of the molecule is O=S(=O)(CCOc1ccccc1)NCCc1ccc(F)cc1. The fraction of sp³-hybridized carbons (Fsp3) is 0.250. The molecule has 2 rings (SSSR count). The molecule has 2 aromatic rings. The van der Waals surface area contributed by atoms with Crippen molar-refractivity contribution in [1.82, 2.24) is 4.72 Å². The van der Waals surface area contributed by atoms with E-state index in [9.17, 15) is 12.8 Å². The van der Waals surface area contributed by atoms with Crippen molar-refractivity contribution in [3.8, 4) is 5.75 Å². The van der Waals surface area contributed by atoms with E-state index in [0.29, 0.717) is 12.2 Å². The van der Waals surface area contributed by atoms with Gasteiger partial charge in [0.1, 0.15) is 18.2 Å². The Hall–Kier alpha value is -1.92. The van der Waals surface area contributed by atoms with Crippen LogP contribution in [-0.2, 0) is 16.4 Å². The first kappa shape index (κ1) is 16.5. The monoisotopic (exact) mass is 323 g/mol. The van der Waals surface area contributed by atoms with Gasteiger partial charge >= 0.3 is 0 Å². The summed E-state index contributed by atoms with van der Waals surface area (Å²) in [6, 6.07) is 15.1. The third-order valence-electron chi connectivity index (χ3n) is 3.01. The Morgan fingerprint density at radius 2 is 1.68 bits per heavy atom. The van der Waals surface area contributed by atoms with Crippen LogP contribution in [0.2, 0.25) is 0 Å². The summed E-state index contributed by atoms with van der Waals surface area (Å²) in [6.07, 6.45) is 0.513. The number of nitrogens with one attached hydrogen (secondary N) is 1. The first-order valence-electron chi connectivity index (χ1n) is 6.95. The van der Waals surface area contributed by atoms with Gasteiger partial charge in [-0.2, -0.15) is 0 Å². The molecule has 0 saturated heterocycles. The Balaban J connectivity index is 1.71. The molecular formula is C16H18FNO3S. The van der Waals surface area contributed by atoms with Crippen molar-refractivity contribution < 1.29 is 17.5 Å². The molecule has 6 heteroatoms. The topological polar surface area (TPSA) is 55.4 Å². The number of rotatable bonds is 8. The van der Waals surface area contributed by atoms with Gasteiger partial charge in [0.25, 0.3) is 0 Å². The van der Waals surface area contributed by atoms with Crippen LogP contribution in [0.4, 0.5) is 4.39 Å². The fourth-order valence-corrected chi connectivity index (χ4v) is 2.72. The summed E-state index contributed by atoms with van der Waals surface area (Å²) >= 11 is 0. The summed E-state index contributed by atoms with van der Waals surface area (Å²) in [5.74, 6) is 0.233. The smallest absolute Gasteiger partial charge is 0.214 e. The van der Waals surface area contributed by atoms with Gasteiger partial charge in [0.05, 0.1) is 5.75 Å². The zero-order chi connectivity index (χ0) is 15.8. The Morgan fingerprint density at radius 1 is 1.00 bits per heavy atom. The predicted octanol–water partition coefficient (Wildman–Crippen LogP) is 2.37. The van der Waals surface area contributed by atoms with E-state index in [0.717, 1.165) is 5.56 Å². The summed E-state index contributed by atoms with van der Waals surface area (Å²) in [6.45, 7) is 0.370. The second-order valence-corrected chi connectivity index (χ2v) is 6.68. The molecule has 22 heavy (non-hydrogen) atoms. The quantitative estimate of drug-likeness (QED) is 0.811. The number of benzene rings is 2. The molecule has 0 unspecified atom stereocenters. The van der Waals surface area contributed by atoms with Crippen LogP contribution >= 0.6 is 0 Å². The summed E-state index contributed by atoms with van der Waals surface area (Å²) < 4.78 is 44.2. The Labute approximate surface area is 130 Å². The number of sulfonamides is 1. The molecule has 0 bridgehead atoms. The lowest BCUT2D eigenvalue weighted by atomic mass is 10.1. The largest absolute Gasteiger partial charge is 0.492 e. The van der Waals surface area contributed by atoms with Gasteiger partial charge in [-0.15, -0.1) is 0 Å². The Bertz CT molecular complexity index is 672. The summed E-state index contributed by atoms with van der Waals surface area (Å²) in [7, 11) is -3.38. The van der Waals surface area contributed by atoms with Crippen LogP contribution in [0.15, 0.2) is 54.6 Å². The summed E-state index contributed by atoms with van der Waals surface area (Å²) in [5, 5.41) is 0.